The molecule has 0 aliphatic carbocycles. The van der Waals surface area contributed by atoms with E-state index in [2.05, 4.69) is 31.9 Å². The average Bonchev–Trinajstić information content (AvgIpc) is 2.66. The number of rotatable bonds is 2. The molecule has 0 fully saturated rings. The van der Waals surface area contributed by atoms with Gasteiger partial charge >= 0.3 is 6.18 Å². The maximum absolute atomic E-state index is 13.1. The highest BCUT2D eigenvalue weighted by atomic mass is 79.9. The van der Waals surface area contributed by atoms with E-state index < -0.39 is 17.8 Å². The summed E-state index contributed by atoms with van der Waals surface area (Å²) in [5.41, 5.74) is 5.40. The largest absolute Gasteiger partial charge is 0.416 e. The summed E-state index contributed by atoms with van der Waals surface area (Å²) >= 11 is 7.80. The van der Waals surface area contributed by atoms with E-state index in [0.717, 1.165) is 15.4 Å². The van der Waals surface area contributed by atoms with E-state index in [4.69, 9.17) is 5.73 Å². The van der Waals surface area contributed by atoms with Gasteiger partial charge in [-0.15, -0.1) is 11.3 Å². The van der Waals surface area contributed by atoms with Crippen molar-refractivity contribution in [1.82, 2.24) is 0 Å². The topological polar surface area (TPSA) is 26.0 Å². The molecule has 1 heterocycles. The molecular weight excluding hydrogens is 419 g/mol. The fourth-order valence-electron chi connectivity index (χ4n) is 1.90. The molecule has 2 aromatic rings. The number of hydrogen-bond donors (Lipinski definition) is 1. The molecule has 20 heavy (non-hydrogen) atoms. The van der Waals surface area contributed by atoms with Gasteiger partial charge in [-0.2, -0.15) is 13.2 Å². The summed E-state index contributed by atoms with van der Waals surface area (Å²) in [4.78, 5) is 1.68. The van der Waals surface area contributed by atoms with Crippen molar-refractivity contribution >= 4 is 43.2 Å². The van der Waals surface area contributed by atoms with Crippen LogP contribution in [-0.2, 0) is 6.18 Å². The predicted octanol–water partition coefficient (Wildman–Crippen LogP) is 5.65. The number of halogens is 5. The number of aryl methyl sites for hydroxylation is 1. The van der Waals surface area contributed by atoms with Crippen LogP contribution >= 0.6 is 43.2 Å². The van der Waals surface area contributed by atoms with Crippen molar-refractivity contribution in [1.29, 1.82) is 0 Å². The van der Waals surface area contributed by atoms with Crippen LogP contribution in [0, 0.1) is 6.92 Å². The Kier molecular flexibility index (Phi) is 4.63. The van der Waals surface area contributed by atoms with E-state index in [1.54, 1.807) is 6.07 Å². The van der Waals surface area contributed by atoms with Gasteiger partial charge in [-0.3, -0.25) is 0 Å². The maximum Gasteiger partial charge on any atom is 0.416 e. The Balaban J connectivity index is 2.55. The van der Waals surface area contributed by atoms with Crippen LogP contribution in [0.1, 0.15) is 26.9 Å². The molecule has 1 aromatic heterocycles. The first-order valence-electron chi connectivity index (χ1n) is 5.58. The number of benzene rings is 1. The van der Waals surface area contributed by atoms with E-state index in [0.29, 0.717) is 9.35 Å². The minimum absolute atomic E-state index is 0.0725. The molecule has 2 N–H and O–H groups in total. The first kappa shape index (κ1) is 16.0. The van der Waals surface area contributed by atoms with Gasteiger partial charge in [-0.25, -0.2) is 0 Å². The number of hydrogen-bond acceptors (Lipinski definition) is 2. The summed E-state index contributed by atoms with van der Waals surface area (Å²) in [5, 5.41) is 0. The third-order valence-electron chi connectivity index (χ3n) is 2.77. The highest BCUT2D eigenvalue weighted by Gasteiger charge is 2.35. The Morgan fingerprint density at radius 2 is 1.85 bits per heavy atom. The van der Waals surface area contributed by atoms with Crippen LogP contribution in [-0.4, -0.2) is 0 Å². The molecular formula is C13H10Br2F3NS. The summed E-state index contributed by atoms with van der Waals surface area (Å²) in [5.74, 6) is 0. The molecule has 1 nitrogen and oxygen atoms in total. The first-order valence-corrected chi connectivity index (χ1v) is 7.98. The highest BCUT2D eigenvalue weighted by Crippen LogP contribution is 2.40. The molecule has 2 rings (SSSR count). The molecule has 0 bridgehead atoms. The zero-order valence-electron chi connectivity index (χ0n) is 10.3. The van der Waals surface area contributed by atoms with Crippen molar-refractivity contribution in [2.45, 2.75) is 19.1 Å². The van der Waals surface area contributed by atoms with Crippen LogP contribution in [0.3, 0.4) is 0 Å². The van der Waals surface area contributed by atoms with Crippen molar-refractivity contribution in [3.05, 3.63) is 54.1 Å². The van der Waals surface area contributed by atoms with E-state index in [1.165, 1.54) is 17.4 Å². The van der Waals surface area contributed by atoms with Gasteiger partial charge in [0.15, 0.2) is 0 Å². The average molecular weight is 429 g/mol. The van der Waals surface area contributed by atoms with Crippen molar-refractivity contribution in [3.63, 3.8) is 0 Å². The SMILES string of the molecule is Cc1cc(Br)c(C(N)c2ccc(Br)cc2C(F)(F)F)s1. The standard InChI is InChI=1S/C13H10Br2F3NS/c1-6-4-10(15)12(20-6)11(19)8-3-2-7(14)5-9(8)13(16,17)18/h2-5,11H,19H2,1H3. The third kappa shape index (κ3) is 3.27. The van der Waals surface area contributed by atoms with Crippen LogP contribution in [0.5, 0.6) is 0 Å². The fraction of sp³-hybridized carbons (Fsp3) is 0.231. The lowest BCUT2D eigenvalue weighted by molar-refractivity contribution is -0.138. The predicted molar refractivity (Wildman–Crippen MR) is 81.9 cm³/mol. The fourth-order valence-corrected chi connectivity index (χ4v) is 4.18. The van der Waals surface area contributed by atoms with E-state index in [-0.39, 0.29) is 5.56 Å². The molecule has 1 aromatic carbocycles. The molecule has 0 amide bonds. The van der Waals surface area contributed by atoms with Gasteiger partial charge in [0.25, 0.3) is 0 Å². The Morgan fingerprint density at radius 3 is 2.35 bits per heavy atom. The number of alkyl halides is 3. The summed E-state index contributed by atoms with van der Waals surface area (Å²) in [7, 11) is 0. The van der Waals surface area contributed by atoms with Gasteiger partial charge in [0.1, 0.15) is 0 Å². The Morgan fingerprint density at radius 1 is 1.20 bits per heavy atom. The zero-order valence-corrected chi connectivity index (χ0v) is 14.3. The smallest absolute Gasteiger partial charge is 0.320 e. The minimum atomic E-state index is -4.44. The summed E-state index contributed by atoms with van der Waals surface area (Å²) in [6.07, 6.45) is -4.44. The van der Waals surface area contributed by atoms with E-state index >= 15 is 0 Å². The van der Waals surface area contributed by atoms with Gasteiger partial charge in [-0.05, 0) is 46.6 Å². The lowest BCUT2D eigenvalue weighted by Crippen LogP contribution is -2.18. The van der Waals surface area contributed by atoms with Gasteiger partial charge in [0.2, 0.25) is 0 Å². The molecule has 0 saturated carbocycles. The van der Waals surface area contributed by atoms with Crippen LogP contribution in [0.4, 0.5) is 13.2 Å². The van der Waals surface area contributed by atoms with Crippen LogP contribution in [0.25, 0.3) is 0 Å². The number of nitrogens with two attached hydrogens (primary N) is 1. The summed E-state index contributed by atoms with van der Waals surface area (Å²) < 4.78 is 40.5. The van der Waals surface area contributed by atoms with Crippen molar-refractivity contribution < 1.29 is 13.2 Å². The van der Waals surface area contributed by atoms with Crippen molar-refractivity contribution in [3.8, 4) is 0 Å². The first-order chi connectivity index (χ1) is 9.20. The van der Waals surface area contributed by atoms with Gasteiger partial charge in [0.05, 0.1) is 11.6 Å². The van der Waals surface area contributed by atoms with Crippen molar-refractivity contribution in [2.24, 2.45) is 5.73 Å². The molecule has 1 unspecified atom stereocenters. The van der Waals surface area contributed by atoms with Crippen LogP contribution in [0.2, 0.25) is 0 Å². The monoisotopic (exact) mass is 427 g/mol. The Labute approximate surface area is 135 Å². The molecule has 108 valence electrons. The summed E-state index contributed by atoms with van der Waals surface area (Å²) in [6.45, 7) is 1.89. The van der Waals surface area contributed by atoms with E-state index in [1.807, 2.05) is 13.0 Å². The van der Waals surface area contributed by atoms with Gasteiger partial charge in [-0.1, -0.05) is 22.0 Å². The molecule has 0 spiro atoms. The second-order valence-corrected chi connectivity index (χ2v) is 7.33. The molecule has 0 radical (unpaired) electrons. The number of thiophene rings is 1. The van der Waals surface area contributed by atoms with Gasteiger partial charge in [0, 0.05) is 18.7 Å². The molecule has 0 saturated heterocycles. The second-order valence-electron chi connectivity index (χ2n) is 4.28. The molecule has 0 aliphatic heterocycles. The molecule has 7 heteroatoms. The maximum atomic E-state index is 13.1. The normalized spacial score (nSPS) is 13.6. The van der Waals surface area contributed by atoms with Gasteiger partial charge < -0.3 is 5.73 Å². The second kappa shape index (κ2) is 5.79. The Hall–Kier alpha value is -0.370. The van der Waals surface area contributed by atoms with Crippen molar-refractivity contribution in [2.75, 3.05) is 0 Å². The minimum Gasteiger partial charge on any atom is -0.320 e. The van der Waals surface area contributed by atoms with Crippen LogP contribution < -0.4 is 5.73 Å². The summed E-state index contributed by atoms with van der Waals surface area (Å²) in [6, 6.07) is 5.08. The lowest BCUT2D eigenvalue weighted by atomic mass is 9.99. The quantitative estimate of drug-likeness (QED) is 0.657. The third-order valence-corrected chi connectivity index (χ3v) is 5.32. The van der Waals surface area contributed by atoms with Crippen LogP contribution in [0.15, 0.2) is 33.2 Å². The Bertz CT molecular complexity index is 637. The molecule has 0 aliphatic rings. The van der Waals surface area contributed by atoms with E-state index in [9.17, 15) is 13.2 Å². The molecule has 1 atom stereocenters. The lowest BCUT2D eigenvalue weighted by Gasteiger charge is -2.18. The zero-order chi connectivity index (χ0) is 15.1. The highest BCUT2D eigenvalue weighted by molar-refractivity contribution is 9.10.